The molecule has 0 atom stereocenters. The molecule has 0 aliphatic heterocycles. The Morgan fingerprint density at radius 3 is 2.68 bits per heavy atom. The summed E-state index contributed by atoms with van der Waals surface area (Å²) in [4.78, 5) is 11.8. The monoisotopic (exact) mass is 284 g/mol. The number of hydrogen-bond acceptors (Lipinski definition) is 2. The van der Waals surface area contributed by atoms with E-state index in [1.54, 1.807) is 6.07 Å². The van der Waals surface area contributed by atoms with Crippen molar-refractivity contribution in [2.75, 3.05) is 6.54 Å². The molecular weight excluding hydrogens is 267 g/mol. The van der Waals surface area contributed by atoms with E-state index in [1.165, 1.54) is 12.1 Å². The number of hydrogen-bond donors (Lipinski definition) is 2. The first-order chi connectivity index (χ1) is 8.74. The Morgan fingerprint density at radius 1 is 1.53 bits per heavy atom. The van der Waals surface area contributed by atoms with Gasteiger partial charge in [0.05, 0.1) is 5.54 Å². The molecule has 19 heavy (non-hydrogen) atoms. The fraction of sp³-hybridized carbons (Fsp3) is 0.500. The van der Waals surface area contributed by atoms with Gasteiger partial charge in [0.1, 0.15) is 5.82 Å². The molecule has 1 aliphatic carbocycles. The fourth-order valence-electron chi connectivity index (χ4n) is 1.97. The summed E-state index contributed by atoms with van der Waals surface area (Å²) in [5.74, 6) is -0.494. The highest BCUT2D eigenvalue weighted by Crippen LogP contribution is 2.33. The summed E-state index contributed by atoms with van der Waals surface area (Å²) in [7, 11) is 0. The van der Waals surface area contributed by atoms with Crippen molar-refractivity contribution in [3.05, 3.63) is 34.6 Å². The zero-order chi connectivity index (χ0) is 14.3. The molecule has 1 aromatic carbocycles. The first kappa shape index (κ1) is 14.3. The topological polar surface area (TPSA) is 55.1 Å². The van der Waals surface area contributed by atoms with Crippen LogP contribution in [0.1, 0.15) is 32.3 Å². The van der Waals surface area contributed by atoms with Gasteiger partial charge in [-0.25, -0.2) is 4.39 Å². The second-order valence-corrected chi connectivity index (χ2v) is 6.25. The molecule has 0 radical (unpaired) electrons. The highest BCUT2D eigenvalue weighted by Gasteiger charge is 2.46. The maximum Gasteiger partial charge on any atom is 0.240 e. The summed E-state index contributed by atoms with van der Waals surface area (Å²) in [6.45, 7) is 4.31. The number of nitrogens with two attached hydrogens (primary N) is 1. The molecule has 0 spiro atoms. The summed E-state index contributed by atoms with van der Waals surface area (Å²) in [5.41, 5.74) is 5.56. The van der Waals surface area contributed by atoms with Crippen LogP contribution in [0.3, 0.4) is 0 Å². The van der Waals surface area contributed by atoms with Crippen LogP contribution in [0.15, 0.2) is 18.2 Å². The molecule has 0 bridgehead atoms. The third-order valence-corrected chi connectivity index (χ3v) is 3.90. The van der Waals surface area contributed by atoms with Crippen LogP contribution in [-0.2, 0) is 10.2 Å². The van der Waals surface area contributed by atoms with Crippen molar-refractivity contribution in [2.24, 2.45) is 5.73 Å². The van der Waals surface area contributed by atoms with Crippen molar-refractivity contribution in [3.8, 4) is 0 Å². The lowest BCUT2D eigenvalue weighted by Crippen LogP contribution is -2.46. The Hall–Kier alpha value is -1.13. The number of rotatable bonds is 4. The van der Waals surface area contributed by atoms with Crippen LogP contribution < -0.4 is 11.1 Å². The molecule has 104 valence electrons. The number of carbonyl (C=O) groups is 1. The van der Waals surface area contributed by atoms with Crippen LogP contribution >= 0.6 is 11.6 Å². The third kappa shape index (κ3) is 3.07. The van der Waals surface area contributed by atoms with Crippen molar-refractivity contribution in [1.29, 1.82) is 0 Å². The second-order valence-electron chi connectivity index (χ2n) is 5.85. The van der Waals surface area contributed by atoms with Crippen molar-refractivity contribution in [3.63, 3.8) is 0 Å². The normalized spacial score (nSPS) is 17.1. The zero-order valence-corrected chi connectivity index (χ0v) is 11.9. The number of amides is 1. The van der Waals surface area contributed by atoms with Gasteiger partial charge in [-0.3, -0.25) is 4.79 Å². The molecule has 1 fully saturated rings. The Morgan fingerprint density at radius 2 is 2.16 bits per heavy atom. The quantitative estimate of drug-likeness (QED) is 0.892. The maximum atomic E-state index is 13.0. The lowest BCUT2D eigenvalue weighted by molar-refractivity contribution is -0.123. The number of carbonyl (C=O) groups excluding carboxylic acids is 1. The lowest BCUT2D eigenvalue weighted by Gasteiger charge is -2.27. The van der Waals surface area contributed by atoms with E-state index < -0.39 is 5.54 Å². The van der Waals surface area contributed by atoms with E-state index in [4.69, 9.17) is 17.3 Å². The summed E-state index contributed by atoms with van der Waals surface area (Å²) in [6.07, 6.45) is 1.47. The van der Waals surface area contributed by atoms with Crippen LogP contribution in [0.2, 0.25) is 5.02 Å². The molecule has 0 heterocycles. The minimum Gasteiger partial charge on any atom is -0.354 e. The predicted molar refractivity (Wildman–Crippen MR) is 73.6 cm³/mol. The van der Waals surface area contributed by atoms with Crippen LogP contribution in [0.4, 0.5) is 4.39 Å². The van der Waals surface area contributed by atoms with Crippen LogP contribution in [0.5, 0.6) is 0 Å². The van der Waals surface area contributed by atoms with E-state index in [-0.39, 0.29) is 17.1 Å². The third-order valence-electron chi connectivity index (χ3n) is 3.59. The largest absolute Gasteiger partial charge is 0.354 e. The van der Waals surface area contributed by atoms with Gasteiger partial charge in [0.15, 0.2) is 0 Å². The van der Waals surface area contributed by atoms with Crippen molar-refractivity contribution >= 4 is 17.5 Å². The molecule has 3 N–H and O–H groups in total. The van der Waals surface area contributed by atoms with Gasteiger partial charge in [0.25, 0.3) is 0 Å². The number of nitrogens with one attached hydrogen (secondary N) is 1. The van der Waals surface area contributed by atoms with Gasteiger partial charge in [-0.2, -0.15) is 0 Å². The molecule has 1 aliphatic rings. The summed E-state index contributed by atoms with van der Waals surface area (Å²) < 4.78 is 13.0. The average molecular weight is 285 g/mol. The van der Waals surface area contributed by atoms with E-state index in [9.17, 15) is 9.18 Å². The Kier molecular flexibility index (Phi) is 3.58. The van der Waals surface area contributed by atoms with E-state index in [1.807, 2.05) is 13.8 Å². The number of halogens is 2. The minimum atomic E-state index is -0.678. The summed E-state index contributed by atoms with van der Waals surface area (Å²) in [5, 5.41) is 3.22. The molecule has 1 aromatic rings. The Bertz CT molecular complexity index is 512. The Labute approximate surface area is 117 Å². The molecule has 1 saturated carbocycles. The van der Waals surface area contributed by atoms with E-state index in [0.717, 1.165) is 18.4 Å². The molecule has 1 amide bonds. The maximum absolute atomic E-state index is 13.0. The lowest BCUT2D eigenvalue weighted by atomic mass is 9.84. The van der Waals surface area contributed by atoms with Gasteiger partial charge >= 0.3 is 0 Å². The van der Waals surface area contributed by atoms with Crippen molar-refractivity contribution in [2.45, 2.75) is 37.6 Å². The Balaban J connectivity index is 2.07. The van der Waals surface area contributed by atoms with E-state index in [0.29, 0.717) is 11.6 Å². The highest BCUT2D eigenvalue weighted by atomic mass is 35.5. The van der Waals surface area contributed by atoms with Gasteiger partial charge in [-0.05, 0) is 30.5 Å². The van der Waals surface area contributed by atoms with Crippen LogP contribution in [0.25, 0.3) is 0 Å². The molecular formula is C14H18ClFN2O. The van der Waals surface area contributed by atoms with Gasteiger partial charge in [0, 0.05) is 17.0 Å². The first-order valence-electron chi connectivity index (χ1n) is 6.27. The smallest absolute Gasteiger partial charge is 0.240 e. The second kappa shape index (κ2) is 4.76. The predicted octanol–water partition coefficient (Wildman–Crippen LogP) is 2.36. The molecule has 0 aromatic heterocycles. The minimum absolute atomic E-state index is 0.126. The van der Waals surface area contributed by atoms with Crippen LogP contribution in [-0.4, -0.2) is 18.0 Å². The molecule has 0 unspecified atom stereocenters. The number of benzene rings is 1. The van der Waals surface area contributed by atoms with Gasteiger partial charge in [0.2, 0.25) is 5.91 Å². The highest BCUT2D eigenvalue weighted by molar-refractivity contribution is 6.31. The molecule has 2 rings (SSSR count). The summed E-state index contributed by atoms with van der Waals surface area (Å²) >= 11 is 6.05. The molecule has 5 heteroatoms. The first-order valence-corrected chi connectivity index (χ1v) is 6.65. The molecule has 3 nitrogen and oxygen atoms in total. The van der Waals surface area contributed by atoms with Gasteiger partial charge in [-0.1, -0.05) is 31.5 Å². The SMILES string of the molecule is CC(C)(CNC(=O)C1(N)CC1)c1ccc(F)cc1Cl. The van der Waals surface area contributed by atoms with Gasteiger partial charge < -0.3 is 11.1 Å². The zero-order valence-electron chi connectivity index (χ0n) is 11.1. The summed E-state index contributed by atoms with van der Waals surface area (Å²) in [6, 6.07) is 4.31. The van der Waals surface area contributed by atoms with E-state index in [2.05, 4.69) is 5.32 Å². The standard InChI is InChI=1S/C14H18ClFN2O/c1-13(2,8-18-12(19)14(17)5-6-14)10-4-3-9(16)7-11(10)15/h3-4,7H,5-6,8,17H2,1-2H3,(H,18,19). The average Bonchev–Trinajstić information content (AvgIpc) is 3.05. The van der Waals surface area contributed by atoms with Crippen LogP contribution in [0, 0.1) is 5.82 Å². The van der Waals surface area contributed by atoms with Gasteiger partial charge in [-0.15, -0.1) is 0 Å². The van der Waals surface area contributed by atoms with Crippen molar-refractivity contribution in [1.82, 2.24) is 5.32 Å². The van der Waals surface area contributed by atoms with E-state index >= 15 is 0 Å². The fourth-order valence-corrected chi connectivity index (χ4v) is 2.40. The molecule has 0 saturated heterocycles. The van der Waals surface area contributed by atoms with Crippen molar-refractivity contribution < 1.29 is 9.18 Å².